The summed E-state index contributed by atoms with van der Waals surface area (Å²) < 4.78 is 43.9. The zero-order valence-corrected chi connectivity index (χ0v) is 23.4. The molecule has 14 nitrogen and oxygen atoms in total. The monoisotopic (exact) mass is 606 g/mol. The first-order chi connectivity index (χ1) is 20.1. The highest BCUT2D eigenvalue weighted by molar-refractivity contribution is 6.28. The number of rotatable bonds is 12. The summed E-state index contributed by atoms with van der Waals surface area (Å²) in [5.41, 5.74) is 4.18. The minimum Gasteiger partial charge on any atom is -0.479 e. The molecule has 16 heteroatoms. The van der Waals surface area contributed by atoms with Gasteiger partial charge >= 0.3 is 11.9 Å². The molecular formula is C26H28ClFN6O8. The molecule has 0 amide bonds. The number of ether oxygens (including phenoxy) is 5. The van der Waals surface area contributed by atoms with Crippen LogP contribution < -0.4 is 10.5 Å². The number of alkyl halides is 1. The second-order valence-corrected chi connectivity index (χ2v) is 9.39. The van der Waals surface area contributed by atoms with E-state index in [1.165, 1.54) is 10.9 Å². The third-order valence-electron chi connectivity index (χ3n) is 6.37. The molecule has 1 aromatic carbocycles. The minimum absolute atomic E-state index is 0.0316. The molecule has 3 heterocycles. The molecule has 1 fully saturated rings. The second kappa shape index (κ2) is 13.3. The van der Waals surface area contributed by atoms with Crippen LogP contribution >= 0.6 is 11.6 Å². The Bertz CT molecular complexity index is 1450. The quantitative estimate of drug-likeness (QED) is 0.172. The number of carbonyl (C=O) groups excluding carboxylic acids is 2. The van der Waals surface area contributed by atoms with E-state index in [1.807, 2.05) is 6.07 Å². The van der Waals surface area contributed by atoms with Gasteiger partial charge in [-0.3, -0.25) is 4.57 Å². The zero-order valence-electron chi connectivity index (χ0n) is 22.6. The predicted molar refractivity (Wildman–Crippen MR) is 143 cm³/mol. The average Bonchev–Trinajstić information content (AvgIpc) is 3.51. The van der Waals surface area contributed by atoms with Crippen LogP contribution in [0, 0.1) is 11.3 Å². The summed E-state index contributed by atoms with van der Waals surface area (Å²) in [7, 11) is 0. The fourth-order valence-corrected chi connectivity index (χ4v) is 4.56. The van der Waals surface area contributed by atoms with Gasteiger partial charge < -0.3 is 34.5 Å². The maximum Gasteiger partial charge on any atom is 0.350 e. The topological polar surface area (TPSA) is 194 Å². The average molecular weight is 607 g/mol. The normalized spacial score (nSPS) is 20.3. The molecule has 1 saturated heterocycles. The molecule has 1 aliphatic rings. The number of halogens is 2. The Morgan fingerprint density at radius 3 is 2.50 bits per heavy atom. The van der Waals surface area contributed by atoms with Gasteiger partial charge in [-0.15, -0.1) is 0 Å². The fraction of sp³-hybridized carbons (Fsp3) is 0.462. The minimum atomic E-state index is -2.33. The van der Waals surface area contributed by atoms with Gasteiger partial charge in [-0.2, -0.15) is 15.2 Å². The van der Waals surface area contributed by atoms with Crippen LogP contribution in [0.3, 0.4) is 0 Å². The van der Waals surface area contributed by atoms with E-state index in [-0.39, 0.29) is 48.5 Å². The number of nitrogens with two attached hydrogens (primary N) is 1. The highest BCUT2D eigenvalue weighted by Gasteiger charge is 2.53. The van der Waals surface area contributed by atoms with E-state index in [1.54, 1.807) is 38.1 Å². The Labute approximate surface area is 244 Å². The third-order valence-corrected chi connectivity index (χ3v) is 6.54. The number of aromatic nitrogens is 4. The van der Waals surface area contributed by atoms with E-state index in [0.29, 0.717) is 11.3 Å². The first-order valence-corrected chi connectivity index (χ1v) is 13.2. The molecule has 2 aromatic heterocycles. The van der Waals surface area contributed by atoms with Gasteiger partial charge in [0.25, 0.3) is 5.60 Å². The van der Waals surface area contributed by atoms with E-state index >= 15 is 4.39 Å². The van der Waals surface area contributed by atoms with Gasteiger partial charge in [0, 0.05) is 6.42 Å². The smallest absolute Gasteiger partial charge is 0.350 e. The lowest BCUT2D eigenvalue weighted by Gasteiger charge is -2.30. The number of aliphatic hydroxyl groups is 1. The molecule has 0 spiro atoms. The Balaban J connectivity index is 1.61. The highest BCUT2D eigenvalue weighted by atomic mass is 35.5. The first-order valence-electron chi connectivity index (χ1n) is 12.8. The van der Waals surface area contributed by atoms with Crippen molar-refractivity contribution in [2.24, 2.45) is 0 Å². The molecule has 4 rings (SSSR count). The Morgan fingerprint density at radius 2 is 1.88 bits per heavy atom. The molecule has 0 saturated carbocycles. The number of carbonyl (C=O) groups is 2. The molecule has 42 heavy (non-hydrogen) atoms. The van der Waals surface area contributed by atoms with Crippen LogP contribution in [0.25, 0.3) is 11.2 Å². The van der Waals surface area contributed by atoms with Crippen LogP contribution in [-0.4, -0.2) is 87.0 Å². The Morgan fingerprint density at radius 1 is 1.21 bits per heavy atom. The summed E-state index contributed by atoms with van der Waals surface area (Å²) in [4.78, 5) is 38.5. The molecule has 0 bridgehead atoms. The van der Waals surface area contributed by atoms with Crippen LogP contribution in [-0.2, 0) is 35.0 Å². The van der Waals surface area contributed by atoms with Gasteiger partial charge in [-0.05, 0) is 43.1 Å². The van der Waals surface area contributed by atoms with Gasteiger partial charge in [-0.25, -0.2) is 19.0 Å². The third kappa shape index (κ3) is 6.21. The molecule has 0 unspecified atom stereocenters. The van der Waals surface area contributed by atoms with Crippen molar-refractivity contribution in [2.75, 3.05) is 32.2 Å². The molecule has 4 atom stereocenters. The number of hydrogen-bond donors (Lipinski definition) is 2. The number of fused-ring (bicyclic) bond motifs is 1. The molecule has 3 N–H and O–H groups in total. The number of hydrogen-bond acceptors (Lipinski definition) is 13. The van der Waals surface area contributed by atoms with Crippen LogP contribution in [0.4, 0.5) is 10.2 Å². The SMILES string of the molecule is CCOC(=O)C(Cc1ccc(OCC#N)cc1)(OC[C@H]1O[C@@H](n2cnc3c(N)nc(Cl)nc32)[C@@H](F)[C@@H]1O)C(=O)OCC. The Hall–Kier alpha value is -4.10. The lowest BCUT2D eigenvalue weighted by molar-refractivity contribution is -0.197. The molecule has 0 aliphatic carbocycles. The number of nitriles is 1. The summed E-state index contributed by atoms with van der Waals surface area (Å²) in [6.45, 7) is 2.17. The number of benzene rings is 1. The van der Waals surface area contributed by atoms with Gasteiger partial charge in [0.1, 0.15) is 29.5 Å². The summed E-state index contributed by atoms with van der Waals surface area (Å²) in [6, 6.07) is 8.10. The van der Waals surface area contributed by atoms with E-state index in [4.69, 9.17) is 46.3 Å². The van der Waals surface area contributed by atoms with Crippen molar-refractivity contribution >= 4 is 40.5 Å². The molecular weight excluding hydrogens is 579 g/mol. The Kier molecular flexibility index (Phi) is 9.74. The van der Waals surface area contributed by atoms with Crippen molar-refractivity contribution in [3.8, 4) is 11.8 Å². The van der Waals surface area contributed by atoms with Crippen molar-refractivity contribution in [1.82, 2.24) is 19.5 Å². The lowest BCUT2D eigenvalue weighted by atomic mass is 9.93. The van der Waals surface area contributed by atoms with Gasteiger partial charge in [-0.1, -0.05) is 12.1 Å². The molecule has 3 aromatic rings. The van der Waals surface area contributed by atoms with E-state index in [0.717, 1.165) is 0 Å². The number of imidazole rings is 1. The summed E-state index contributed by atoms with van der Waals surface area (Å²) in [5.74, 6) is -1.73. The standard InChI is InChI=1S/C26H28ClFN6O8/c1-3-38-23(36)26(24(37)39-4-2,11-14-5-7-15(8-6-14)40-10-9-29)41-12-16-19(35)17(28)22(42-16)34-13-31-18-20(30)32-25(27)33-21(18)34/h5-8,13,16-17,19,22,35H,3-4,10-12H2,1-2H3,(H2,30,32,33)/t16-,17+,19-,22-/m1/s1. The van der Waals surface area contributed by atoms with Crippen LogP contribution in [0.2, 0.25) is 5.28 Å². The number of anilines is 1. The number of esters is 2. The van der Waals surface area contributed by atoms with Gasteiger partial charge in [0.05, 0.1) is 26.1 Å². The second-order valence-electron chi connectivity index (χ2n) is 9.05. The highest BCUT2D eigenvalue weighted by Crippen LogP contribution is 2.36. The van der Waals surface area contributed by atoms with Crippen molar-refractivity contribution in [3.63, 3.8) is 0 Å². The zero-order chi connectivity index (χ0) is 30.4. The summed E-state index contributed by atoms with van der Waals surface area (Å²) >= 11 is 5.91. The van der Waals surface area contributed by atoms with Crippen molar-refractivity contribution in [2.45, 2.75) is 50.5 Å². The number of nitrogens with zero attached hydrogens (tertiary/aromatic N) is 5. The van der Waals surface area contributed by atoms with Crippen molar-refractivity contribution in [1.29, 1.82) is 5.26 Å². The van der Waals surface area contributed by atoms with Crippen LogP contribution in [0.15, 0.2) is 30.6 Å². The molecule has 224 valence electrons. The van der Waals surface area contributed by atoms with Crippen molar-refractivity contribution in [3.05, 3.63) is 41.4 Å². The molecule has 0 radical (unpaired) electrons. The number of aliphatic hydroxyl groups excluding tert-OH is 1. The van der Waals surface area contributed by atoms with Crippen LogP contribution in [0.1, 0.15) is 25.6 Å². The largest absolute Gasteiger partial charge is 0.479 e. The number of nitrogen functional groups attached to an aromatic ring is 1. The summed E-state index contributed by atoms with van der Waals surface area (Å²) in [6.07, 6.45) is -5.63. The van der Waals surface area contributed by atoms with Gasteiger partial charge in [0.15, 0.2) is 30.5 Å². The van der Waals surface area contributed by atoms with Gasteiger partial charge in [0.2, 0.25) is 5.28 Å². The maximum absolute atomic E-state index is 15.4. The fourth-order valence-electron chi connectivity index (χ4n) is 4.39. The lowest BCUT2D eigenvalue weighted by Crippen LogP contribution is -2.54. The van der Waals surface area contributed by atoms with E-state index in [2.05, 4.69) is 15.0 Å². The molecule has 1 aliphatic heterocycles. The maximum atomic E-state index is 15.4. The first kappa shape index (κ1) is 30.8. The van der Waals surface area contributed by atoms with E-state index in [9.17, 15) is 14.7 Å². The summed E-state index contributed by atoms with van der Waals surface area (Å²) in [5, 5.41) is 19.2. The van der Waals surface area contributed by atoms with Crippen LogP contribution in [0.5, 0.6) is 5.75 Å². The van der Waals surface area contributed by atoms with E-state index < -0.39 is 48.8 Å². The van der Waals surface area contributed by atoms with Crippen molar-refractivity contribution < 1.29 is 42.8 Å². The predicted octanol–water partition coefficient (Wildman–Crippen LogP) is 1.68.